The lowest BCUT2D eigenvalue weighted by molar-refractivity contribution is 0.0367. The van der Waals surface area contributed by atoms with Gasteiger partial charge in [0.1, 0.15) is 3.39 Å². The van der Waals surface area contributed by atoms with E-state index in [2.05, 4.69) is 31.9 Å². The predicted octanol–water partition coefficient (Wildman–Crippen LogP) is 3.59. The first-order chi connectivity index (χ1) is 8.18. The molecule has 1 aliphatic rings. The largest absolute Gasteiger partial charge is 0.492 e. The minimum Gasteiger partial charge on any atom is -0.492 e. The number of rotatable bonds is 2. The van der Waals surface area contributed by atoms with Crippen molar-refractivity contribution in [2.75, 3.05) is 6.61 Å². The number of hydrogen-bond donors (Lipinski definition) is 0. The molecule has 3 nitrogen and oxygen atoms in total. The maximum absolute atomic E-state index is 11.8. The van der Waals surface area contributed by atoms with Crippen molar-refractivity contribution in [3.63, 3.8) is 0 Å². The van der Waals surface area contributed by atoms with E-state index in [-0.39, 0.29) is 12.1 Å². The van der Waals surface area contributed by atoms with E-state index in [1.807, 2.05) is 6.07 Å². The molecular weight excluding hydrogens is 352 g/mol. The molecule has 0 bridgehead atoms. The van der Waals surface area contributed by atoms with Crippen LogP contribution in [0.2, 0.25) is 0 Å². The molecule has 1 heterocycles. The lowest BCUT2D eigenvalue weighted by Gasteiger charge is -2.12. The van der Waals surface area contributed by atoms with Gasteiger partial charge < -0.3 is 9.47 Å². The zero-order chi connectivity index (χ0) is 12.3. The van der Waals surface area contributed by atoms with Crippen molar-refractivity contribution in [1.82, 2.24) is 0 Å². The molecule has 1 aromatic rings. The Morgan fingerprint density at radius 2 is 2.00 bits per heavy atom. The van der Waals surface area contributed by atoms with E-state index < -0.39 is 0 Å². The van der Waals surface area contributed by atoms with Gasteiger partial charge in [0.2, 0.25) is 0 Å². The van der Waals surface area contributed by atoms with E-state index >= 15 is 0 Å². The minimum atomic E-state index is -0.333. The molecule has 1 atom stereocenters. The number of halogens is 2. The van der Waals surface area contributed by atoms with Gasteiger partial charge in [0.05, 0.1) is 12.2 Å². The zero-order valence-corrected chi connectivity index (χ0v) is 12.0. The number of ether oxygens (including phenoxy) is 2. The van der Waals surface area contributed by atoms with Crippen LogP contribution in [0, 0.1) is 0 Å². The van der Waals surface area contributed by atoms with Crippen molar-refractivity contribution < 1.29 is 14.3 Å². The summed E-state index contributed by atoms with van der Waals surface area (Å²) in [4.78, 5) is 11.8. The minimum absolute atomic E-state index is 0.323. The monoisotopic (exact) mass is 360 g/mol. The summed E-state index contributed by atoms with van der Waals surface area (Å²) >= 11 is 6.54. The first kappa shape index (κ1) is 12.6. The van der Waals surface area contributed by atoms with Gasteiger partial charge >= 0.3 is 5.97 Å². The maximum Gasteiger partial charge on any atom is 0.338 e. The van der Waals surface area contributed by atoms with Crippen LogP contribution in [-0.2, 0) is 9.47 Å². The summed E-state index contributed by atoms with van der Waals surface area (Å²) in [6.45, 7) is 0.558. The second kappa shape index (κ2) is 5.69. The van der Waals surface area contributed by atoms with Crippen molar-refractivity contribution >= 4 is 37.8 Å². The molecule has 1 unspecified atom stereocenters. The van der Waals surface area contributed by atoms with Crippen molar-refractivity contribution in [3.05, 3.63) is 45.0 Å². The highest BCUT2D eigenvalue weighted by Crippen LogP contribution is 2.30. The Bertz CT molecular complexity index is 438. The first-order valence-electron chi connectivity index (χ1n) is 5.12. The van der Waals surface area contributed by atoms with Crippen LogP contribution in [0.3, 0.4) is 0 Å². The van der Waals surface area contributed by atoms with Gasteiger partial charge in [-0.05, 0) is 44.0 Å². The molecule has 1 fully saturated rings. The topological polar surface area (TPSA) is 35.5 Å². The van der Waals surface area contributed by atoms with Gasteiger partial charge in [-0.25, -0.2) is 4.79 Å². The highest BCUT2D eigenvalue weighted by molar-refractivity contribution is 9.28. The Hall–Kier alpha value is -0.810. The van der Waals surface area contributed by atoms with Gasteiger partial charge in [0, 0.05) is 6.42 Å². The van der Waals surface area contributed by atoms with Gasteiger partial charge in [-0.3, -0.25) is 0 Å². The third-order valence-electron chi connectivity index (χ3n) is 2.38. The Kier molecular flexibility index (Phi) is 4.23. The molecule has 0 spiro atoms. The summed E-state index contributed by atoms with van der Waals surface area (Å²) in [7, 11) is 0. The van der Waals surface area contributed by atoms with E-state index in [0.717, 1.165) is 0 Å². The second-order valence-electron chi connectivity index (χ2n) is 3.52. The van der Waals surface area contributed by atoms with Crippen LogP contribution < -0.4 is 0 Å². The van der Waals surface area contributed by atoms with E-state index in [1.54, 1.807) is 24.3 Å². The molecule has 0 radical (unpaired) electrons. The SMILES string of the molecule is O=C(OC1CCOC1=C(Br)Br)c1ccccc1. The fraction of sp³-hybridized carbons (Fsp3) is 0.250. The van der Waals surface area contributed by atoms with Gasteiger partial charge in [-0.15, -0.1) is 0 Å². The van der Waals surface area contributed by atoms with Gasteiger partial charge in [-0.2, -0.15) is 0 Å². The van der Waals surface area contributed by atoms with Crippen molar-refractivity contribution in [3.8, 4) is 0 Å². The maximum atomic E-state index is 11.8. The number of hydrogen-bond acceptors (Lipinski definition) is 3. The van der Waals surface area contributed by atoms with Gasteiger partial charge in [0.15, 0.2) is 11.9 Å². The Morgan fingerprint density at radius 1 is 1.29 bits per heavy atom. The summed E-state index contributed by atoms with van der Waals surface area (Å²) in [5, 5.41) is 0. The van der Waals surface area contributed by atoms with Gasteiger partial charge in [-0.1, -0.05) is 18.2 Å². The number of benzene rings is 1. The fourth-order valence-electron chi connectivity index (χ4n) is 1.56. The van der Waals surface area contributed by atoms with Crippen LogP contribution >= 0.6 is 31.9 Å². The van der Waals surface area contributed by atoms with Gasteiger partial charge in [0.25, 0.3) is 0 Å². The van der Waals surface area contributed by atoms with E-state index in [9.17, 15) is 4.79 Å². The molecule has 0 amide bonds. The smallest absolute Gasteiger partial charge is 0.338 e. The Labute approximate surface area is 116 Å². The Morgan fingerprint density at radius 3 is 2.65 bits per heavy atom. The zero-order valence-electron chi connectivity index (χ0n) is 8.86. The van der Waals surface area contributed by atoms with E-state index in [0.29, 0.717) is 27.7 Å². The standard InChI is InChI=1S/C12H10Br2O3/c13-11(14)10-9(6-7-16-10)17-12(15)8-4-2-1-3-5-8/h1-5,9H,6-7H2. The molecule has 0 aromatic heterocycles. The summed E-state index contributed by atoms with van der Waals surface area (Å²) < 4.78 is 11.5. The molecule has 1 aromatic carbocycles. The molecule has 2 rings (SSSR count). The van der Waals surface area contributed by atoms with Crippen LogP contribution in [0.5, 0.6) is 0 Å². The first-order valence-corrected chi connectivity index (χ1v) is 6.71. The molecule has 0 aliphatic carbocycles. The van der Waals surface area contributed by atoms with Crippen LogP contribution in [0.15, 0.2) is 39.5 Å². The number of carbonyl (C=O) groups excluding carboxylic acids is 1. The molecule has 0 N–H and O–H groups in total. The summed E-state index contributed by atoms with van der Waals surface area (Å²) in [6.07, 6.45) is 0.352. The predicted molar refractivity (Wildman–Crippen MR) is 71.1 cm³/mol. The molecule has 1 saturated heterocycles. The fourth-order valence-corrected chi connectivity index (χ4v) is 2.30. The third kappa shape index (κ3) is 3.10. The average molecular weight is 362 g/mol. The van der Waals surface area contributed by atoms with Crippen molar-refractivity contribution in [2.24, 2.45) is 0 Å². The molecule has 5 heteroatoms. The van der Waals surface area contributed by atoms with E-state index in [1.165, 1.54) is 0 Å². The van der Waals surface area contributed by atoms with Crippen LogP contribution in [-0.4, -0.2) is 18.7 Å². The van der Waals surface area contributed by atoms with Crippen molar-refractivity contribution in [2.45, 2.75) is 12.5 Å². The van der Waals surface area contributed by atoms with Crippen LogP contribution in [0.25, 0.3) is 0 Å². The molecule has 1 aliphatic heterocycles. The van der Waals surface area contributed by atoms with Crippen LogP contribution in [0.4, 0.5) is 0 Å². The van der Waals surface area contributed by atoms with Crippen LogP contribution in [0.1, 0.15) is 16.8 Å². The Balaban J connectivity index is 2.07. The number of carbonyl (C=O) groups is 1. The quantitative estimate of drug-likeness (QED) is 0.755. The van der Waals surface area contributed by atoms with E-state index in [4.69, 9.17) is 9.47 Å². The summed E-state index contributed by atoms with van der Waals surface area (Å²) in [6, 6.07) is 8.92. The second-order valence-corrected chi connectivity index (χ2v) is 6.17. The lowest BCUT2D eigenvalue weighted by Crippen LogP contribution is -2.17. The highest BCUT2D eigenvalue weighted by atomic mass is 79.9. The summed E-state index contributed by atoms with van der Waals surface area (Å²) in [5.41, 5.74) is 0.546. The number of esters is 1. The molecule has 90 valence electrons. The lowest BCUT2D eigenvalue weighted by atomic mass is 10.2. The summed E-state index contributed by atoms with van der Waals surface area (Å²) in [5.74, 6) is 0.300. The highest BCUT2D eigenvalue weighted by Gasteiger charge is 2.28. The average Bonchev–Trinajstić information content (AvgIpc) is 2.78. The molecule has 0 saturated carbocycles. The molecule has 17 heavy (non-hydrogen) atoms. The normalized spacial score (nSPS) is 18.7. The van der Waals surface area contributed by atoms with Crippen molar-refractivity contribution in [1.29, 1.82) is 0 Å². The molecular formula is C12H10Br2O3. The third-order valence-corrected chi connectivity index (χ3v) is 3.16.